The fraction of sp³-hybridized carbons (Fsp3) is 0.409. The SMILES string of the molecule is Cc1csc(-c2cc(O)c(-c3ccc(N4CCC(NCC5CC5)C4)nn3)cc2F)n1. The summed E-state index contributed by atoms with van der Waals surface area (Å²) in [6, 6.07) is 6.89. The largest absolute Gasteiger partial charge is 0.507 e. The Morgan fingerprint density at radius 1 is 1.20 bits per heavy atom. The zero-order chi connectivity index (χ0) is 20.7. The van der Waals surface area contributed by atoms with Crippen molar-refractivity contribution in [1.29, 1.82) is 0 Å². The maximum atomic E-state index is 14.7. The summed E-state index contributed by atoms with van der Waals surface area (Å²) in [6.45, 7) is 4.83. The maximum absolute atomic E-state index is 14.7. The number of aromatic hydroxyl groups is 1. The molecule has 156 valence electrons. The van der Waals surface area contributed by atoms with Gasteiger partial charge in [-0.2, -0.15) is 0 Å². The van der Waals surface area contributed by atoms with Crippen molar-refractivity contribution in [2.45, 2.75) is 32.2 Å². The molecule has 2 aliphatic rings. The summed E-state index contributed by atoms with van der Waals surface area (Å²) in [5, 5.41) is 25.1. The molecule has 3 heterocycles. The quantitative estimate of drug-likeness (QED) is 0.622. The summed E-state index contributed by atoms with van der Waals surface area (Å²) in [6.07, 6.45) is 3.81. The molecule has 1 aliphatic heterocycles. The molecule has 8 heteroatoms. The normalized spacial score (nSPS) is 18.9. The Bertz CT molecular complexity index is 1050. The molecule has 1 saturated heterocycles. The van der Waals surface area contributed by atoms with Gasteiger partial charge in [0.25, 0.3) is 0 Å². The number of phenolic OH excluding ortho intramolecular Hbond substituents is 1. The first-order valence-electron chi connectivity index (χ1n) is 10.3. The summed E-state index contributed by atoms with van der Waals surface area (Å²) < 4.78 is 14.7. The highest BCUT2D eigenvalue weighted by Gasteiger charge is 2.27. The second kappa shape index (κ2) is 7.92. The van der Waals surface area contributed by atoms with Crippen molar-refractivity contribution in [1.82, 2.24) is 20.5 Å². The molecule has 0 amide bonds. The first-order valence-corrected chi connectivity index (χ1v) is 11.2. The number of nitrogens with zero attached hydrogens (tertiary/aromatic N) is 4. The Kier molecular flexibility index (Phi) is 5.12. The number of aryl methyl sites for hydroxylation is 1. The van der Waals surface area contributed by atoms with Crippen LogP contribution < -0.4 is 10.2 Å². The van der Waals surface area contributed by atoms with E-state index in [9.17, 15) is 9.50 Å². The summed E-state index contributed by atoms with van der Waals surface area (Å²) >= 11 is 1.35. The topological polar surface area (TPSA) is 74.2 Å². The van der Waals surface area contributed by atoms with Crippen LogP contribution in [-0.2, 0) is 0 Å². The number of hydrogen-bond acceptors (Lipinski definition) is 7. The molecule has 1 aromatic carbocycles. The van der Waals surface area contributed by atoms with Crippen LogP contribution in [0.25, 0.3) is 21.8 Å². The first kappa shape index (κ1) is 19.4. The Balaban J connectivity index is 1.31. The van der Waals surface area contributed by atoms with E-state index in [0.717, 1.165) is 43.5 Å². The predicted octanol–water partition coefficient (Wildman–Crippen LogP) is 4.00. The van der Waals surface area contributed by atoms with E-state index in [0.29, 0.717) is 27.9 Å². The van der Waals surface area contributed by atoms with Crippen molar-refractivity contribution in [3.63, 3.8) is 0 Å². The highest BCUT2D eigenvalue weighted by molar-refractivity contribution is 7.13. The lowest BCUT2D eigenvalue weighted by atomic mass is 10.1. The number of halogens is 1. The van der Waals surface area contributed by atoms with Crippen molar-refractivity contribution in [3.8, 4) is 27.6 Å². The molecule has 1 saturated carbocycles. The number of anilines is 1. The van der Waals surface area contributed by atoms with Crippen molar-refractivity contribution in [3.05, 3.63) is 41.2 Å². The number of phenols is 1. The standard InChI is InChI=1S/C22H24FN5OS/c1-13-12-30-22(25-13)16-9-20(29)17(8-18(16)23)19-4-5-21(27-26-19)28-7-6-15(11-28)24-10-14-2-3-14/h4-5,8-9,12,14-15,24,29H,2-3,6-7,10-11H2,1H3. The highest BCUT2D eigenvalue weighted by atomic mass is 32.1. The predicted molar refractivity (Wildman–Crippen MR) is 116 cm³/mol. The van der Waals surface area contributed by atoms with E-state index >= 15 is 0 Å². The average Bonchev–Trinajstić information content (AvgIpc) is 3.28. The maximum Gasteiger partial charge on any atom is 0.151 e. The molecule has 0 bridgehead atoms. The number of hydrogen-bond donors (Lipinski definition) is 2. The van der Waals surface area contributed by atoms with Gasteiger partial charge >= 0.3 is 0 Å². The molecule has 0 radical (unpaired) electrons. The second-order valence-corrected chi connectivity index (χ2v) is 9.06. The van der Waals surface area contributed by atoms with Gasteiger partial charge in [0, 0.05) is 41.3 Å². The number of benzene rings is 1. The third-order valence-corrected chi connectivity index (χ3v) is 6.76. The molecular formula is C22H24FN5OS. The molecule has 1 unspecified atom stereocenters. The fourth-order valence-corrected chi connectivity index (χ4v) is 4.65. The minimum Gasteiger partial charge on any atom is -0.507 e. The number of rotatable bonds is 6. The average molecular weight is 426 g/mol. The first-order chi connectivity index (χ1) is 14.6. The van der Waals surface area contributed by atoms with Gasteiger partial charge in [-0.15, -0.1) is 21.5 Å². The van der Waals surface area contributed by atoms with Crippen LogP contribution in [-0.4, -0.2) is 46.0 Å². The molecule has 6 nitrogen and oxygen atoms in total. The van der Waals surface area contributed by atoms with Crippen LogP contribution in [0, 0.1) is 18.7 Å². The van der Waals surface area contributed by atoms with Crippen LogP contribution in [0.2, 0.25) is 0 Å². The molecule has 1 atom stereocenters. The van der Waals surface area contributed by atoms with Crippen LogP contribution in [0.15, 0.2) is 29.6 Å². The van der Waals surface area contributed by atoms with Gasteiger partial charge in [0.2, 0.25) is 0 Å². The third kappa shape index (κ3) is 4.02. The van der Waals surface area contributed by atoms with Gasteiger partial charge in [-0.25, -0.2) is 9.37 Å². The van der Waals surface area contributed by atoms with Gasteiger partial charge < -0.3 is 15.3 Å². The Morgan fingerprint density at radius 3 is 2.77 bits per heavy atom. The van der Waals surface area contributed by atoms with E-state index in [1.807, 2.05) is 18.4 Å². The van der Waals surface area contributed by atoms with Gasteiger partial charge in [-0.05, 0) is 62.9 Å². The van der Waals surface area contributed by atoms with Crippen molar-refractivity contribution < 1.29 is 9.50 Å². The molecule has 1 aliphatic carbocycles. The summed E-state index contributed by atoms with van der Waals surface area (Å²) in [7, 11) is 0. The van der Waals surface area contributed by atoms with E-state index in [4.69, 9.17) is 0 Å². The monoisotopic (exact) mass is 425 g/mol. The minimum atomic E-state index is -0.438. The van der Waals surface area contributed by atoms with Gasteiger partial charge in [-0.1, -0.05) is 0 Å². The Morgan fingerprint density at radius 2 is 2.07 bits per heavy atom. The van der Waals surface area contributed by atoms with Crippen LogP contribution in [0.1, 0.15) is 25.0 Å². The molecule has 5 rings (SSSR count). The summed E-state index contributed by atoms with van der Waals surface area (Å²) in [5.74, 6) is 1.21. The molecule has 0 spiro atoms. The fourth-order valence-electron chi connectivity index (χ4n) is 3.84. The van der Waals surface area contributed by atoms with Gasteiger partial charge in [0.15, 0.2) is 5.82 Å². The zero-order valence-electron chi connectivity index (χ0n) is 16.8. The highest BCUT2D eigenvalue weighted by Crippen LogP contribution is 2.36. The third-order valence-electron chi connectivity index (χ3n) is 5.77. The Hall–Kier alpha value is -2.58. The van der Waals surface area contributed by atoms with E-state index in [1.54, 1.807) is 6.07 Å². The van der Waals surface area contributed by atoms with Crippen molar-refractivity contribution in [2.24, 2.45) is 5.92 Å². The second-order valence-electron chi connectivity index (χ2n) is 8.20. The zero-order valence-corrected chi connectivity index (χ0v) is 17.6. The molecule has 30 heavy (non-hydrogen) atoms. The minimum absolute atomic E-state index is 0.0354. The van der Waals surface area contributed by atoms with Crippen molar-refractivity contribution in [2.75, 3.05) is 24.5 Å². The van der Waals surface area contributed by atoms with E-state index in [-0.39, 0.29) is 5.75 Å². The van der Waals surface area contributed by atoms with Gasteiger partial charge in [0.05, 0.1) is 5.69 Å². The summed E-state index contributed by atoms with van der Waals surface area (Å²) in [5.41, 5.74) is 1.89. The molecule has 2 fully saturated rings. The van der Waals surface area contributed by atoms with Crippen LogP contribution >= 0.6 is 11.3 Å². The van der Waals surface area contributed by atoms with Crippen LogP contribution in [0.3, 0.4) is 0 Å². The summed E-state index contributed by atoms with van der Waals surface area (Å²) in [4.78, 5) is 6.52. The number of thiazole rings is 1. The van der Waals surface area contributed by atoms with E-state index in [1.165, 1.54) is 36.3 Å². The van der Waals surface area contributed by atoms with E-state index in [2.05, 4.69) is 25.4 Å². The molecule has 2 aromatic heterocycles. The number of nitrogens with one attached hydrogen (secondary N) is 1. The lowest BCUT2D eigenvalue weighted by Gasteiger charge is -2.17. The number of aromatic nitrogens is 3. The van der Waals surface area contributed by atoms with Crippen LogP contribution in [0.5, 0.6) is 5.75 Å². The smallest absolute Gasteiger partial charge is 0.151 e. The van der Waals surface area contributed by atoms with Gasteiger partial charge in [0.1, 0.15) is 16.6 Å². The molecular weight excluding hydrogens is 401 g/mol. The molecule has 2 N–H and O–H groups in total. The van der Waals surface area contributed by atoms with Crippen LogP contribution in [0.4, 0.5) is 10.2 Å². The lowest BCUT2D eigenvalue weighted by Crippen LogP contribution is -2.34. The molecule has 3 aromatic rings. The van der Waals surface area contributed by atoms with E-state index < -0.39 is 5.82 Å². The Labute approximate surface area is 178 Å². The lowest BCUT2D eigenvalue weighted by molar-refractivity contribution is 0.475. The van der Waals surface area contributed by atoms with Crippen molar-refractivity contribution >= 4 is 17.2 Å². The van der Waals surface area contributed by atoms with Gasteiger partial charge in [-0.3, -0.25) is 0 Å².